The van der Waals surface area contributed by atoms with Crippen molar-refractivity contribution in [2.45, 2.75) is 38.3 Å². The van der Waals surface area contributed by atoms with Crippen LogP contribution < -0.4 is 15.7 Å². The Labute approximate surface area is 232 Å². The van der Waals surface area contributed by atoms with E-state index in [2.05, 4.69) is 10.3 Å². The minimum atomic E-state index is -4.64. The summed E-state index contributed by atoms with van der Waals surface area (Å²) < 4.78 is 53.4. The van der Waals surface area contributed by atoms with E-state index in [0.717, 1.165) is 22.4 Å². The maximum absolute atomic E-state index is 13.7. The largest absolute Gasteiger partial charge is 0.433 e. The van der Waals surface area contributed by atoms with Crippen molar-refractivity contribution in [3.05, 3.63) is 86.3 Å². The van der Waals surface area contributed by atoms with Gasteiger partial charge in [0.05, 0.1) is 28.8 Å². The maximum atomic E-state index is 13.7. The van der Waals surface area contributed by atoms with E-state index in [9.17, 15) is 27.2 Å². The molecule has 0 aliphatic carbocycles. The lowest BCUT2D eigenvalue weighted by Gasteiger charge is -2.33. The fraction of sp³-hybridized carbons (Fsp3) is 0.370. The number of pyridine rings is 2. The lowest BCUT2D eigenvalue weighted by atomic mass is 9.89. The molecule has 0 spiro atoms. The predicted molar refractivity (Wildman–Crippen MR) is 140 cm³/mol. The average molecular weight is 583 g/mol. The summed E-state index contributed by atoms with van der Waals surface area (Å²) in [6, 6.07) is 8.16. The van der Waals surface area contributed by atoms with Gasteiger partial charge in [0.2, 0.25) is 0 Å². The van der Waals surface area contributed by atoms with Gasteiger partial charge in [-0.2, -0.15) is 17.9 Å². The molecule has 3 aromatic rings. The number of carbonyl (C=O) groups is 1. The van der Waals surface area contributed by atoms with Crippen LogP contribution in [0.5, 0.6) is 0 Å². The Hall–Kier alpha value is -3.64. The molecule has 0 unspecified atom stereocenters. The zero-order valence-corrected chi connectivity index (χ0v) is 22.2. The van der Waals surface area contributed by atoms with Gasteiger partial charge < -0.3 is 20.2 Å². The molecule has 1 aliphatic rings. The van der Waals surface area contributed by atoms with Crippen molar-refractivity contribution in [3.63, 3.8) is 0 Å². The number of nitrogens with one attached hydrogen (secondary N) is 1. The first-order valence-corrected chi connectivity index (χ1v) is 12.9. The van der Waals surface area contributed by atoms with Gasteiger partial charge in [0.25, 0.3) is 5.91 Å². The van der Waals surface area contributed by atoms with Crippen LogP contribution in [-0.4, -0.2) is 51.9 Å². The lowest BCUT2D eigenvalue weighted by molar-refractivity contribution is -0.141. The Morgan fingerprint density at radius 3 is 2.45 bits per heavy atom. The maximum Gasteiger partial charge on any atom is 0.433 e. The second kappa shape index (κ2) is 12.3. The molecule has 40 heavy (non-hydrogen) atoms. The number of aliphatic hydroxyl groups is 1. The van der Waals surface area contributed by atoms with Crippen molar-refractivity contribution < 1.29 is 32.3 Å². The van der Waals surface area contributed by atoms with Crippen molar-refractivity contribution >= 4 is 28.9 Å². The Morgan fingerprint density at radius 1 is 1.18 bits per heavy atom. The van der Waals surface area contributed by atoms with Gasteiger partial charge in [-0.25, -0.2) is 9.37 Å². The molecule has 1 saturated heterocycles. The van der Waals surface area contributed by atoms with Crippen LogP contribution in [-0.2, 0) is 6.18 Å². The second-order valence-corrected chi connectivity index (χ2v) is 9.72. The predicted octanol–water partition coefficient (Wildman–Crippen LogP) is 4.94. The summed E-state index contributed by atoms with van der Waals surface area (Å²) in [5.74, 6) is -0.676. The molecule has 1 amide bonds. The highest BCUT2D eigenvalue weighted by Gasteiger charge is 2.33. The summed E-state index contributed by atoms with van der Waals surface area (Å²) in [6.07, 6.45) is -2.02. The number of amides is 1. The summed E-state index contributed by atoms with van der Waals surface area (Å²) >= 11 is 6.39. The fourth-order valence-corrected chi connectivity index (χ4v) is 4.71. The normalized spacial score (nSPS) is 14.3. The third kappa shape index (κ3) is 6.56. The van der Waals surface area contributed by atoms with Crippen LogP contribution in [0.3, 0.4) is 0 Å². The minimum absolute atomic E-state index is 0.0206. The number of aryl methyl sites for hydroxylation is 1. The number of halogens is 5. The van der Waals surface area contributed by atoms with E-state index in [4.69, 9.17) is 21.5 Å². The molecule has 3 heterocycles. The molecule has 0 radical (unpaired) electrons. The smallest absolute Gasteiger partial charge is 0.411 e. The number of rotatable bonds is 8. The van der Waals surface area contributed by atoms with E-state index in [-0.39, 0.29) is 54.0 Å². The number of aromatic nitrogens is 2. The van der Waals surface area contributed by atoms with Crippen LogP contribution in [0.2, 0.25) is 5.02 Å². The van der Waals surface area contributed by atoms with E-state index in [1.165, 1.54) is 25.3 Å². The first-order valence-electron chi connectivity index (χ1n) is 12.6. The Morgan fingerprint density at radius 2 is 1.85 bits per heavy atom. The molecule has 1 aromatic carbocycles. The van der Waals surface area contributed by atoms with Gasteiger partial charge in [-0.3, -0.25) is 9.59 Å². The number of carbonyl (C=O) groups excluding carboxylic acids is 1. The number of piperidine rings is 1. The summed E-state index contributed by atoms with van der Waals surface area (Å²) in [4.78, 5) is 37.2. The van der Waals surface area contributed by atoms with Crippen LogP contribution in [0.1, 0.15) is 52.5 Å². The third-order valence-corrected chi connectivity index (χ3v) is 7.00. The Kier molecular flexibility index (Phi) is 8.99. The number of benzene rings is 1. The molecular weight excluding hydrogens is 556 g/mol. The highest BCUT2D eigenvalue weighted by atomic mass is 35.5. The topological polar surface area (TPSA) is 96.7 Å². The van der Waals surface area contributed by atoms with E-state index < -0.39 is 28.4 Å². The Balaban J connectivity index is 1.65. The molecule has 2 N–H and O–H groups in total. The molecule has 1 fully saturated rings. The van der Waals surface area contributed by atoms with Gasteiger partial charge in [0.1, 0.15) is 23.1 Å². The highest BCUT2D eigenvalue weighted by Crippen LogP contribution is 2.34. The van der Waals surface area contributed by atoms with Crippen molar-refractivity contribution in [1.29, 1.82) is 0 Å². The molecule has 0 atom stereocenters. The summed E-state index contributed by atoms with van der Waals surface area (Å²) in [6.45, 7) is 1.87. The van der Waals surface area contributed by atoms with Crippen LogP contribution in [0, 0.1) is 12.7 Å². The molecule has 2 aromatic heterocycles. The van der Waals surface area contributed by atoms with Crippen LogP contribution in [0.4, 0.5) is 28.9 Å². The monoisotopic (exact) mass is 582 g/mol. The van der Waals surface area contributed by atoms with Crippen LogP contribution >= 0.6 is 11.6 Å². The van der Waals surface area contributed by atoms with Crippen LogP contribution in [0.15, 0.2) is 47.4 Å². The lowest BCUT2D eigenvalue weighted by Crippen LogP contribution is -2.39. The molecule has 214 valence electrons. The standard InChI is InChI=1S/C27H27ClF4N4O4/c1-16-21(7-8-22(33-16)27(30,31)32)34-24-20(15-36(26(39)23(24)28)40-14-2-13-37)25(38)35-11-9-18(10-12-35)17-3-5-19(29)6-4-17/h3-8,15,18,34,37H,2,9-14H2,1H3. The number of aliphatic hydroxyl groups excluding tert-OH is 1. The molecule has 8 nitrogen and oxygen atoms in total. The van der Waals surface area contributed by atoms with Crippen LogP contribution in [0.25, 0.3) is 0 Å². The number of hydrogen-bond donors (Lipinski definition) is 2. The zero-order chi connectivity index (χ0) is 29.0. The highest BCUT2D eigenvalue weighted by molar-refractivity contribution is 6.34. The average Bonchev–Trinajstić information content (AvgIpc) is 2.93. The van der Waals surface area contributed by atoms with Crippen molar-refractivity contribution in [3.8, 4) is 0 Å². The SMILES string of the molecule is Cc1nc(C(F)(F)F)ccc1Nc1c(C(=O)N2CCC(c3ccc(F)cc3)CC2)cn(OCCCO)c(=O)c1Cl. The minimum Gasteiger partial charge on any atom is -0.411 e. The van der Waals surface area contributed by atoms with E-state index >= 15 is 0 Å². The van der Waals surface area contributed by atoms with Gasteiger partial charge in [-0.1, -0.05) is 23.7 Å². The number of anilines is 2. The van der Waals surface area contributed by atoms with Crippen molar-refractivity contribution in [2.75, 3.05) is 31.6 Å². The molecular formula is C27H27ClF4N4O4. The van der Waals surface area contributed by atoms with Gasteiger partial charge in [-0.05, 0) is 55.5 Å². The zero-order valence-electron chi connectivity index (χ0n) is 21.5. The summed E-state index contributed by atoms with van der Waals surface area (Å²) in [5.41, 5.74) is -0.946. The van der Waals surface area contributed by atoms with Crippen molar-refractivity contribution in [2.24, 2.45) is 0 Å². The molecule has 13 heteroatoms. The van der Waals surface area contributed by atoms with E-state index in [1.807, 2.05) is 0 Å². The third-order valence-electron chi connectivity index (χ3n) is 6.65. The number of hydrogen-bond acceptors (Lipinski definition) is 6. The summed E-state index contributed by atoms with van der Waals surface area (Å²) in [7, 11) is 0. The fourth-order valence-electron chi connectivity index (χ4n) is 4.48. The molecule has 1 aliphatic heterocycles. The van der Waals surface area contributed by atoms with Gasteiger partial charge in [0.15, 0.2) is 0 Å². The number of nitrogens with zero attached hydrogens (tertiary/aromatic N) is 3. The summed E-state index contributed by atoms with van der Waals surface area (Å²) in [5, 5.41) is 11.5. The van der Waals surface area contributed by atoms with Gasteiger partial charge in [-0.15, -0.1) is 0 Å². The quantitative estimate of drug-likeness (QED) is 0.289. The number of alkyl halides is 3. The van der Waals surface area contributed by atoms with E-state index in [0.29, 0.717) is 25.9 Å². The molecule has 4 rings (SSSR count). The van der Waals surface area contributed by atoms with Crippen molar-refractivity contribution in [1.82, 2.24) is 14.6 Å². The molecule has 0 saturated carbocycles. The van der Waals surface area contributed by atoms with E-state index in [1.54, 1.807) is 17.0 Å². The molecule has 0 bridgehead atoms. The van der Waals surface area contributed by atoms with Gasteiger partial charge in [0, 0.05) is 26.1 Å². The first-order chi connectivity index (χ1) is 19.0. The Bertz CT molecular complexity index is 1420. The second-order valence-electron chi connectivity index (χ2n) is 9.34. The van der Waals surface area contributed by atoms with Gasteiger partial charge >= 0.3 is 11.7 Å². The first kappa shape index (κ1) is 29.3. The number of likely N-dealkylation sites (tertiary alicyclic amines) is 1.